The fourth-order valence-corrected chi connectivity index (χ4v) is 2.20. The summed E-state index contributed by atoms with van der Waals surface area (Å²) in [5.74, 6) is 0.711. The van der Waals surface area contributed by atoms with Crippen LogP contribution in [0.2, 0.25) is 0 Å². The van der Waals surface area contributed by atoms with Crippen LogP contribution in [-0.2, 0) is 11.2 Å². The molecule has 2 rings (SSSR count). The van der Waals surface area contributed by atoms with E-state index in [-0.39, 0.29) is 24.5 Å². The van der Waals surface area contributed by atoms with Gasteiger partial charge in [0.2, 0.25) is 5.91 Å². The molecule has 18 heavy (non-hydrogen) atoms. The van der Waals surface area contributed by atoms with E-state index < -0.39 is 0 Å². The second kappa shape index (κ2) is 6.01. The average molecular weight is 247 g/mol. The maximum Gasteiger partial charge on any atom is 0.223 e. The van der Waals surface area contributed by atoms with Gasteiger partial charge in [-0.3, -0.25) is 4.79 Å². The van der Waals surface area contributed by atoms with Crippen LogP contribution in [0.5, 0.6) is 0 Å². The third-order valence-corrected chi connectivity index (χ3v) is 3.63. The maximum absolute atomic E-state index is 12.0. The molecule has 1 aliphatic rings. The van der Waals surface area contributed by atoms with Crippen LogP contribution >= 0.6 is 0 Å². The summed E-state index contributed by atoms with van der Waals surface area (Å²) >= 11 is 0. The normalized spacial score (nSPS) is 18.1. The lowest BCUT2D eigenvalue weighted by atomic mass is 10.0. The number of benzene rings is 1. The Hall–Kier alpha value is -1.35. The van der Waals surface area contributed by atoms with Gasteiger partial charge in [0.25, 0.3) is 0 Å². The Morgan fingerprint density at radius 3 is 2.61 bits per heavy atom. The van der Waals surface area contributed by atoms with E-state index in [1.54, 1.807) is 0 Å². The van der Waals surface area contributed by atoms with Gasteiger partial charge in [-0.25, -0.2) is 0 Å². The van der Waals surface area contributed by atoms with Crippen LogP contribution in [0.1, 0.15) is 25.3 Å². The lowest BCUT2D eigenvalue weighted by Crippen LogP contribution is -2.42. The summed E-state index contributed by atoms with van der Waals surface area (Å²) in [5, 5.41) is 12.3. The Morgan fingerprint density at radius 2 is 2.06 bits per heavy atom. The van der Waals surface area contributed by atoms with Gasteiger partial charge >= 0.3 is 0 Å². The molecule has 0 heterocycles. The van der Waals surface area contributed by atoms with E-state index in [1.807, 2.05) is 37.3 Å². The van der Waals surface area contributed by atoms with E-state index in [0.29, 0.717) is 12.3 Å². The third-order valence-electron chi connectivity index (χ3n) is 3.63. The Balaban J connectivity index is 1.86. The molecule has 1 aromatic rings. The van der Waals surface area contributed by atoms with Gasteiger partial charge in [0.1, 0.15) is 0 Å². The summed E-state index contributed by atoms with van der Waals surface area (Å²) in [6.07, 6.45) is 3.01. The molecule has 1 saturated carbocycles. The number of nitrogens with one attached hydrogen (secondary N) is 1. The highest BCUT2D eigenvalue weighted by atomic mass is 16.3. The number of amides is 1. The lowest BCUT2D eigenvalue weighted by Gasteiger charge is -2.19. The molecule has 1 aromatic carbocycles. The summed E-state index contributed by atoms with van der Waals surface area (Å²) in [7, 11) is 0. The molecule has 2 atom stereocenters. The molecule has 3 nitrogen and oxygen atoms in total. The minimum absolute atomic E-state index is 0.0159. The summed E-state index contributed by atoms with van der Waals surface area (Å²) < 4.78 is 0. The van der Waals surface area contributed by atoms with Crippen LogP contribution in [0.4, 0.5) is 0 Å². The third kappa shape index (κ3) is 3.57. The van der Waals surface area contributed by atoms with Gasteiger partial charge in [-0.15, -0.1) is 0 Å². The highest BCUT2D eigenvalue weighted by molar-refractivity contribution is 5.79. The van der Waals surface area contributed by atoms with E-state index in [1.165, 1.54) is 0 Å². The van der Waals surface area contributed by atoms with Gasteiger partial charge in [0.15, 0.2) is 0 Å². The first-order valence-corrected chi connectivity index (χ1v) is 6.66. The first-order valence-electron chi connectivity index (χ1n) is 6.66. The minimum atomic E-state index is -0.180. The lowest BCUT2D eigenvalue weighted by molar-refractivity contribution is -0.126. The molecule has 1 unspecified atom stereocenters. The SMILES string of the molecule is CC(C(=O)N[C@@H](CO)Cc1ccccc1)C1CC1. The van der Waals surface area contributed by atoms with Crippen molar-refractivity contribution in [1.82, 2.24) is 5.32 Å². The van der Waals surface area contributed by atoms with Crippen LogP contribution in [0.25, 0.3) is 0 Å². The van der Waals surface area contributed by atoms with Crippen LogP contribution in [0.3, 0.4) is 0 Å². The first kappa shape index (κ1) is 13.1. The standard InChI is InChI=1S/C15H21NO2/c1-11(13-7-8-13)15(18)16-14(10-17)9-12-5-3-2-4-6-12/h2-6,11,13-14,17H,7-10H2,1H3,(H,16,18)/t11?,14-/m1/s1. The number of hydrogen-bond donors (Lipinski definition) is 2. The quantitative estimate of drug-likeness (QED) is 0.804. The zero-order valence-electron chi connectivity index (χ0n) is 10.8. The number of aliphatic hydroxyl groups is 1. The average Bonchev–Trinajstić information content (AvgIpc) is 3.22. The van der Waals surface area contributed by atoms with E-state index in [4.69, 9.17) is 0 Å². The first-order chi connectivity index (χ1) is 8.70. The molecular weight excluding hydrogens is 226 g/mol. The Morgan fingerprint density at radius 1 is 1.39 bits per heavy atom. The van der Waals surface area contributed by atoms with Crippen molar-refractivity contribution in [3.05, 3.63) is 35.9 Å². The van der Waals surface area contributed by atoms with Crippen molar-refractivity contribution in [1.29, 1.82) is 0 Å². The maximum atomic E-state index is 12.0. The summed E-state index contributed by atoms with van der Waals surface area (Å²) in [6, 6.07) is 9.75. The van der Waals surface area contributed by atoms with E-state index in [9.17, 15) is 9.90 Å². The molecule has 0 bridgehead atoms. The number of carbonyl (C=O) groups is 1. The largest absolute Gasteiger partial charge is 0.394 e. The molecule has 0 saturated heterocycles. The van der Waals surface area contributed by atoms with E-state index in [2.05, 4.69) is 5.32 Å². The zero-order valence-corrected chi connectivity index (χ0v) is 10.8. The van der Waals surface area contributed by atoms with Crippen molar-refractivity contribution in [2.75, 3.05) is 6.61 Å². The second-order valence-corrected chi connectivity index (χ2v) is 5.20. The highest BCUT2D eigenvalue weighted by Crippen LogP contribution is 2.36. The fraction of sp³-hybridized carbons (Fsp3) is 0.533. The van der Waals surface area contributed by atoms with E-state index in [0.717, 1.165) is 18.4 Å². The molecular formula is C15H21NO2. The number of aliphatic hydroxyl groups excluding tert-OH is 1. The molecule has 0 aliphatic heterocycles. The molecule has 98 valence electrons. The molecule has 0 radical (unpaired) electrons. The van der Waals surface area contributed by atoms with Gasteiger partial charge in [0.05, 0.1) is 12.6 Å². The van der Waals surface area contributed by atoms with Crippen LogP contribution in [0.15, 0.2) is 30.3 Å². The van der Waals surface area contributed by atoms with E-state index >= 15 is 0 Å². The number of carbonyl (C=O) groups excluding carboxylic acids is 1. The van der Waals surface area contributed by atoms with Gasteiger partial charge in [0, 0.05) is 5.92 Å². The van der Waals surface area contributed by atoms with Crippen LogP contribution in [0, 0.1) is 11.8 Å². The molecule has 3 heteroatoms. The fourth-order valence-electron chi connectivity index (χ4n) is 2.20. The molecule has 1 aliphatic carbocycles. The van der Waals surface area contributed by atoms with Gasteiger partial charge in [-0.1, -0.05) is 37.3 Å². The van der Waals surface area contributed by atoms with Crippen LogP contribution < -0.4 is 5.32 Å². The molecule has 2 N–H and O–H groups in total. The molecule has 1 amide bonds. The predicted octanol–water partition coefficient (Wildman–Crippen LogP) is 1.75. The Bertz CT molecular complexity index is 387. The van der Waals surface area contributed by atoms with Gasteiger partial charge in [-0.05, 0) is 30.7 Å². The predicted molar refractivity (Wildman–Crippen MR) is 71.1 cm³/mol. The minimum Gasteiger partial charge on any atom is -0.394 e. The molecule has 0 spiro atoms. The second-order valence-electron chi connectivity index (χ2n) is 5.20. The van der Waals surface area contributed by atoms with Crippen molar-refractivity contribution in [3.8, 4) is 0 Å². The Labute approximate surface area is 108 Å². The topological polar surface area (TPSA) is 49.3 Å². The summed E-state index contributed by atoms with van der Waals surface area (Å²) in [5.41, 5.74) is 1.14. The summed E-state index contributed by atoms with van der Waals surface area (Å²) in [6.45, 7) is 1.96. The van der Waals surface area contributed by atoms with Crippen molar-refractivity contribution in [3.63, 3.8) is 0 Å². The highest BCUT2D eigenvalue weighted by Gasteiger charge is 2.33. The molecule has 0 aromatic heterocycles. The smallest absolute Gasteiger partial charge is 0.223 e. The zero-order chi connectivity index (χ0) is 13.0. The van der Waals surface area contributed by atoms with Crippen molar-refractivity contribution >= 4 is 5.91 Å². The Kier molecular flexibility index (Phi) is 4.37. The van der Waals surface area contributed by atoms with Crippen LogP contribution in [-0.4, -0.2) is 23.7 Å². The number of rotatable bonds is 6. The van der Waals surface area contributed by atoms with Crippen molar-refractivity contribution < 1.29 is 9.90 Å². The summed E-state index contributed by atoms with van der Waals surface area (Å²) in [4.78, 5) is 12.0. The molecule has 1 fully saturated rings. The monoisotopic (exact) mass is 247 g/mol. The van der Waals surface area contributed by atoms with Gasteiger partial charge < -0.3 is 10.4 Å². The van der Waals surface area contributed by atoms with Crippen molar-refractivity contribution in [2.45, 2.75) is 32.2 Å². The number of hydrogen-bond acceptors (Lipinski definition) is 2. The van der Waals surface area contributed by atoms with Crippen molar-refractivity contribution in [2.24, 2.45) is 11.8 Å². The van der Waals surface area contributed by atoms with Gasteiger partial charge in [-0.2, -0.15) is 0 Å².